The highest BCUT2D eigenvalue weighted by atomic mass is 32.2. The molecule has 3 N–H and O–H groups in total. The highest BCUT2D eigenvalue weighted by molar-refractivity contribution is 7.89. The summed E-state index contributed by atoms with van der Waals surface area (Å²) in [6, 6.07) is 11.6. The number of sulfonamides is 1. The van der Waals surface area contributed by atoms with Crippen molar-refractivity contribution < 1.29 is 27.5 Å². The van der Waals surface area contributed by atoms with Crippen LogP contribution in [0.15, 0.2) is 47.4 Å². The number of hydrogen-bond acceptors (Lipinski definition) is 6. The zero-order valence-electron chi connectivity index (χ0n) is 19.5. The maximum atomic E-state index is 12.5. The summed E-state index contributed by atoms with van der Waals surface area (Å²) >= 11 is 0. The van der Waals surface area contributed by atoms with E-state index in [0.29, 0.717) is 11.4 Å². The number of anilines is 1. The van der Waals surface area contributed by atoms with Gasteiger partial charge in [0.1, 0.15) is 11.4 Å². The van der Waals surface area contributed by atoms with Crippen LogP contribution in [0.2, 0.25) is 0 Å². The number of rotatable bonds is 9. The van der Waals surface area contributed by atoms with Crippen LogP contribution in [0.25, 0.3) is 0 Å². The van der Waals surface area contributed by atoms with Gasteiger partial charge in [0.15, 0.2) is 6.61 Å². The van der Waals surface area contributed by atoms with E-state index in [1.54, 1.807) is 26.8 Å². The fourth-order valence-corrected chi connectivity index (χ4v) is 3.77. The Balaban J connectivity index is 1.88. The molecule has 2 aromatic carbocycles. The standard InChI is InChI=1S/C23H31N3O6S/c1-16-9-10-17(2)20(13-16)31-15-21(27)26-18-7-6-8-19(14-18)33(29,30)25-12-11-24-22(28)32-23(3,4)5/h6-10,13-14,25H,11-12,15H2,1-5H3,(H,24,28)(H,26,27). The number of alkyl carbamates (subject to hydrolysis) is 1. The second-order valence-electron chi connectivity index (χ2n) is 8.46. The first-order chi connectivity index (χ1) is 15.4. The zero-order valence-corrected chi connectivity index (χ0v) is 20.3. The Morgan fingerprint density at radius 3 is 2.42 bits per heavy atom. The molecule has 2 amide bonds. The summed E-state index contributed by atoms with van der Waals surface area (Å²) in [5, 5.41) is 5.11. The Morgan fingerprint density at radius 2 is 1.73 bits per heavy atom. The Labute approximate surface area is 194 Å². The quantitative estimate of drug-likeness (QED) is 0.477. The van der Waals surface area contributed by atoms with E-state index >= 15 is 0 Å². The molecule has 2 rings (SSSR count). The number of benzene rings is 2. The molecule has 0 spiro atoms. The van der Waals surface area contributed by atoms with Crippen LogP contribution in [0.3, 0.4) is 0 Å². The normalized spacial score (nSPS) is 11.5. The minimum Gasteiger partial charge on any atom is -0.483 e. The van der Waals surface area contributed by atoms with Gasteiger partial charge in [-0.15, -0.1) is 0 Å². The van der Waals surface area contributed by atoms with Gasteiger partial charge >= 0.3 is 6.09 Å². The van der Waals surface area contributed by atoms with Gasteiger partial charge in [0.2, 0.25) is 10.0 Å². The SMILES string of the molecule is Cc1ccc(C)c(OCC(=O)Nc2cccc(S(=O)(=O)NCCNC(=O)OC(C)(C)C)c2)c1. The molecule has 0 aliphatic heterocycles. The first-order valence-electron chi connectivity index (χ1n) is 10.4. The van der Waals surface area contributed by atoms with Crippen LogP contribution in [0.5, 0.6) is 5.75 Å². The van der Waals surface area contributed by atoms with E-state index in [9.17, 15) is 18.0 Å². The van der Waals surface area contributed by atoms with Crippen molar-refractivity contribution in [3.05, 3.63) is 53.6 Å². The largest absolute Gasteiger partial charge is 0.483 e. The first kappa shape index (κ1) is 26.1. The number of amides is 2. The van der Waals surface area contributed by atoms with E-state index in [2.05, 4.69) is 15.4 Å². The van der Waals surface area contributed by atoms with Crippen molar-refractivity contribution in [2.75, 3.05) is 25.0 Å². The van der Waals surface area contributed by atoms with E-state index in [4.69, 9.17) is 9.47 Å². The fourth-order valence-electron chi connectivity index (χ4n) is 2.69. The smallest absolute Gasteiger partial charge is 0.407 e. The molecule has 0 aliphatic rings. The molecule has 0 heterocycles. The van der Waals surface area contributed by atoms with Crippen LogP contribution < -0.4 is 20.1 Å². The molecule has 0 fully saturated rings. The minimum absolute atomic E-state index is 0.0204. The van der Waals surface area contributed by atoms with Gasteiger partial charge in [-0.05, 0) is 70.0 Å². The molecule has 0 unspecified atom stereocenters. The van der Waals surface area contributed by atoms with Crippen molar-refractivity contribution in [3.8, 4) is 5.75 Å². The lowest BCUT2D eigenvalue weighted by Crippen LogP contribution is -2.37. The average Bonchev–Trinajstić information content (AvgIpc) is 2.71. The van der Waals surface area contributed by atoms with Crippen molar-refractivity contribution >= 4 is 27.7 Å². The second kappa shape index (κ2) is 11.2. The van der Waals surface area contributed by atoms with Crippen LogP contribution in [0.4, 0.5) is 10.5 Å². The maximum absolute atomic E-state index is 12.5. The molecule has 0 saturated carbocycles. The molecule has 9 nitrogen and oxygen atoms in total. The number of ether oxygens (including phenoxy) is 2. The monoisotopic (exact) mass is 477 g/mol. The Kier molecular flexibility index (Phi) is 8.84. The van der Waals surface area contributed by atoms with E-state index in [1.807, 2.05) is 32.0 Å². The van der Waals surface area contributed by atoms with Crippen molar-refractivity contribution in [2.24, 2.45) is 0 Å². The van der Waals surface area contributed by atoms with Gasteiger partial charge in [-0.2, -0.15) is 0 Å². The van der Waals surface area contributed by atoms with E-state index < -0.39 is 27.6 Å². The predicted octanol–water partition coefficient (Wildman–Crippen LogP) is 3.12. The number of carbonyl (C=O) groups is 2. The number of carbonyl (C=O) groups excluding carboxylic acids is 2. The third-order valence-corrected chi connectivity index (χ3v) is 5.67. The molecule has 0 bridgehead atoms. The van der Waals surface area contributed by atoms with Crippen molar-refractivity contribution in [1.82, 2.24) is 10.0 Å². The van der Waals surface area contributed by atoms with Crippen molar-refractivity contribution in [3.63, 3.8) is 0 Å². The molecular formula is C23H31N3O6S. The lowest BCUT2D eigenvalue weighted by Gasteiger charge is -2.19. The highest BCUT2D eigenvalue weighted by Gasteiger charge is 2.17. The van der Waals surface area contributed by atoms with Crippen LogP contribution in [0.1, 0.15) is 31.9 Å². The highest BCUT2D eigenvalue weighted by Crippen LogP contribution is 2.19. The average molecular weight is 478 g/mol. The molecule has 33 heavy (non-hydrogen) atoms. The van der Waals surface area contributed by atoms with Crippen LogP contribution in [-0.4, -0.2) is 45.7 Å². The van der Waals surface area contributed by atoms with Gasteiger partial charge in [0, 0.05) is 18.8 Å². The van der Waals surface area contributed by atoms with Crippen molar-refractivity contribution in [1.29, 1.82) is 0 Å². The van der Waals surface area contributed by atoms with Gasteiger partial charge < -0.3 is 20.1 Å². The van der Waals surface area contributed by atoms with Crippen molar-refractivity contribution in [2.45, 2.75) is 45.1 Å². The summed E-state index contributed by atoms with van der Waals surface area (Å²) in [4.78, 5) is 23.9. The van der Waals surface area contributed by atoms with Crippen LogP contribution >= 0.6 is 0 Å². The third kappa shape index (κ3) is 9.11. The third-order valence-electron chi connectivity index (χ3n) is 4.22. The lowest BCUT2D eigenvalue weighted by atomic mass is 10.1. The Hall–Kier alpha value is -3.11. The molecular weight excluding hydrogens is 446 g/mol. The molecule has 180 valence electrons. The maximum Gasteiger partial charge on any atom is 0.407 e. The number of nitrogens with one attached hydrogen (secondary N) is 3. The van der Waals surface area contributed by atoms with Crippen LogP contribution in [0, 0.1) is 13.8 Å². The molecule has 10 heteroatoms. The van der Waals surface area contributed by atoms with Gasteiger partial charge in [-0.3, -0.25) is 4.79 Å². The van der Waals surface area contributed by atoms with Gasteiger partial charge in [-0.25, -0.2) is 17.9 Å². The summed E-state index contributed by atoms with van der Waals surface area (Å²) in [6.07, 6.45) is -0.630. The fraction of sp³-hybridized carbons (Fsp3) is 0.391. The molecule has 2 aromatic rings. The van der Waals surface area contributed by atoms with E-state index in [-0.39, 0.29) is 24.6 Å². The lowest BCUT2D eigenvalue weighted by molar-refractivity contribution is -0.118. The molecule has 0 radical (unpaired) electrons. The molecule has 0 atom stereocenters. The summed E-state index contributed by atoms with van der Waals surface area (Å²) in [5.41, 5.74) is 1.61. The number of hydrogen-bond donors (Lipinski definition) is 3. The minimum atomic E-state index is -3.84. The van der Waals surface area contributed by atoms with E-state index in [0.717, 1.165) is 11.1 Å². The Bertz CT molecular complexity index is 1090. The summed E-state index contributed by atoms with van der Waals surface area (Å²) in [6.45, 7) is 8.83. The number of aryl methyl sites for hydroxylation is 2. The molecule has 0 saturated heterocycles. The van der Waals surface area contributed by atoms with Crippen LogP contribution in [-0.2, 0) is 19.6 Å². The topological polar surface area (TPSA) is 123 Å². The van der Waals surface area contributed by atoms with Gasteiger partial charge in [0.25, 0.3) is 5.91 Å². The Morgan fingerprint density at radius 1 is 1.00 bits per heavy atom. The predicted molar refractivity (Wildman–Crippen MR) is 126 cm³/mol. The summed E-state index contributed by atoms with van der Waals surface area (Å²) < 4.78 is 38.1. The molecule has 0 aliphatic carbocycles. The second-order valence-corrected chi connectivity index (χ2v) is 10.2. The van der Waals surface area contributed by atoms with Gasteiger partial charge in [0.05, 0.1) is 4.90 Å². The first-order valence-corrected chi connectivity index (χ1v) is 11.9. The zero-order chi connectivity index (χ0) is 24.6. The van der Waals surface area contributed by atoms with Gasteiger partial charge in [-0.1, -0.05) is 18.2 Å². The van der Waals surface area contributed by atoms with E-state index in [1.165, 1.54) is 18.2 Å². The molecule has 0 aromatic heterocycles. The summed E-state index contributed by atoms with van der Waals surface area (Å²) in [5.74, 6) is 0.200. The summed E-state index contributed by atoms with van der Waals surface area (Å²) in [7, 11) is -3.84.